The Labute approximate surface area is 151 Å². The molecule has 26 heavy (non-hydrogen) atoms. The lowest BCUT2D eigenvalue weighted by atomic mass is 9.89. The van der Waals surface area contributed by atoms with Crippen LogP contribution in [0.4, 0.5) is 0 Å². The van der Waals surface area contributed by atoms with Crippen molar-refractivity contribution in [3.8, 4) is 5.75 Å². The van der Waals surface area contributed by atoms with Crippen molar-refractivity contribution >= 4 is 49.1 Å². The van der Waals surface area contributed by atoms with Gasteiger partial charge in [-0.25, -0.2) is 0 Å². The predicted octanol–water partition coefficient (Wildman–Crippen LogP) is 6.44. The molecule has 0 aromatic heterocycles. The Bertz CT molecular complexity index is 1280. The van der Waals surface area contributed by atoms with E-state index in [1.165, 1.54) is 32.3 Å². The van der Waals surface area contributed by atoms with Gasteiger partial charge >= 0.3 is 5.97 Å². The van der Waals surface area contributed by atoms with Crippen LogP contribution in [0.2, 0.25) is 0 Å². The summed E-state index contributed by atoms with van der Waals surface area (Å²) in [6, 6.07) is 23.1. The molecule has 126 valence electrons. The molecule has 0 amide bonds. The van der Waals surface area contributed by atoms with E-state index in [1.807, 2.05) is 19.1 Å². The fourth-order valence-electron chi connectivity index (χ4n) is 4.07. The minimum Gasteiger partial charge on any atom is -0.426 e. The van der Waals surface area contributed by atoms with Gasteiger partial charge in [0.05, 0.1) is 0 Å². The van der Waals surface area contributed by atoms with E-state index in [-0.39, 0.29) is 5.97 Å². The molecule has 2 heteroatoms. The third kappa shape index (κ3) is 2.08. The summed E-state index contributed by atoms with van der Waals surface area (Å²) in [5.41, 5.74) is 0. The quantitative estimate of drug-likeness (QED) is 0.164. The van der Waals surface area contributed by atoms with Crippen molar-refractivity contribution in [2.24, 2.45) is 0 Å². The van der Waals surface area contributed by atoms with Gasteiger partial charge in [-0.3, -0.25) is 4.79 Å². The fourth-order valence-corrected chi connectivity index (χ4v) is 4.07. The molecule has 5 rings (SSSR count). The number of hydrogen-bond acceptors (Lipinski definition) is 2. The second-order valence-corrected chi connectivity index (χ2v) is 6.78. The second kappa shape index (κ2) is 5.70. The van der Waals surface area contributed by atoms with E-state index in [0.29, 0.717) is 12.2 Å². The summed E-state index contributed by atoms with van der Waals surface area (Å²) in [4.78, 5) is 12.2. The number of esters is 1. The average Bonchev–Trinajstić information content (AvgIpc) is 2.67. The van der Waals surface area contributed by atoms with E-state index >= 15 is 0 Å². The molecule has 0 aliphatic carbocycles. The summed E-state index contributed by atoms with van der Waals surface area (Å²) in [7, 11) is 0. The molecular formula is C24H18O2. The topological polar surface area (TPSA) is 26.3 Å². The van der Waals surface area contributed by atoms with Crippen LogP contribution in [0.15, 0.2) is 66.7 Å². The molecule has 0 unspecified atom stereocenters. The minimum atomic E-state index is -0.174. The Morgan fingerprint density at radius 2 is 1.38 bits per heavy atom. The smallest absolute Gasteiger partial charge is 0.311 e. The summed E-state index contributed by atoms with van der Waals surface area (Å²) in [5.74, 6) is 0.483. The SMILES string of the molecule is CCCC(=O)Oc1ccc2ccc3cccc4c5ccccc5c1c2c34. The Morgan fingerprint density at radius 1 is 0.731 bits per heavy atom. The molecular weight excluding hydrogens is 320 g/mol. The van der Waals surface area contributed by atoms with E-state index in [9.17, 15) is 4.79 Å². The van der Waals surface area contributed by atoms with Crippen molar-refractivity contribution in [2.45, 2.75) is 19.8 Å². The van der Waals surface area contributed by atoms with Gasteiger partial charge in [-0.1, -0.05) is 67.6 Å². The van der Waals surface area contributed by atoms with Gasteiger partial charge in [0, 0.05) is 17.2 Å². The highest BCUT2D eigenvalue weighted by Gasteiger charge is 2.17. The van der Waals surface area contributed by atoms with Crippen molar-refractivity contribution in [3.63, 3.8) is 0 Å². The van der Waals surface area contributed by atoms with Crippen LogP contribution in [0.5, 0.6) is 5.75 Å². The van der Waals surface area contributed by atoms with Gasteiger partial charge in [0.15, 0.2) is 0 Å². The van der Waals surface area contributed by atoms with Crippen LogP contribution in [0.25, 0.3) is 43.1 Å². The number of carbonyl (C=O) groups excluding carboxylic acids is 1. The van der Waals surface area contributed by atoms with Crippen molar-refractivity contribution in [1.82, 2.24) is 0 Å². The maximum absolute atomic E-state index is 12.2. The first kappa shape index (κ1) is 15.2. The number of hydrogen-bond donors (Lipinski definition) is 0. The zero-order valence-corrected chi connectivity index (χ0v) is 14.6. The van der Waals surface area contributed by atoms with Crippen molar-refractivity contribution in [3.05, 3.63) is 66.7 Å². The molecule has 0 fully saturated rings. The van der Waals surface area contributed by atoms with Gasteiger partial charge in [0.2, 0.25) is 0 Å². The van der Waals surface area contributed by atoms with Crippen LogP contribution in [0.3, 0.4) is 0 Å². The number of carbonyl (C=O) groups is 1. The molecule has 5 aromatic rings. The number of ether oxygens (including phenoxy) is 1. The lowest BCUT2D eigenvalue weighted by molar-refractivity contribution is -0.134. The molecule has 0 bridgehead atoms. The molecule has 0 atom stereocenters. The third-order valence-corrected chi connectivity index (χ3v) is 5.15. The van der Waals surface area contributed by atoms with Crippen LogP contribution < -0.4 is 4.74 Å². The summed E-state index contributed by atoms with van der Waals surface area (Å²) < 4.78 is 5.78. The first-order chi connectivity index (χ1) is 12.8. The summed E-state index contributed by atoms with van der Waals surface area (Å²) in [5, 5.41) is 9.40. The highest BCUT2D eigenvalue weighted by Crippen LogP contribution is 2.44. The van der Waals surface area contributed by atoms with E-state index < -0.39 is 0 Å². The van der Waals surface area contributed by atoms with E-state index in [1.54, 1.807) is 0 Å². The Hall–Kier alpha value is -3.13. The Kier molecular flexibility index (Phi) is 3.32. The normalized spacial score (nSPS) is 11.7. The zero-order chi connectivity index (χ0) is 17.7. The zero-order valence-electron chi connectivity index (χ0n) is 14.6. The first-order valence-electron chi connectivity index (χ1n) is 9.07. The lowest BCUT2D eigenvalue weighted by Gasteiger charge is -2.17. The largest absolute Gasteiger partial charge is 0.426 e. The van der Waals surface area contributed by atoms with Crippen LogP contribution in [0, 0.1) is 0 Å². The molecule has 0 radical (unpaired) electrons. The molecule has 0 N–H and O–H groups in total. The Morgan fingerprint density at radius 3 is 2.19 bits per heavy atom. The molecule has 0 spiro atoms. The van der Waals surface area contributed by atoms with E-state index in [2.05, 4.69) is 54.6 Å². The van der Waals surface area contributed by atoms with E-state index in [0.717, 1.165) is 17.2 Å². The first-order valence-corrected chi connectivity index (χ1v) is 9.07. The minimum absolute atomic E-state index is 0.174. The summed E-state index contributed by atoms with van der Waals surface area (Å²) in [6.07, 6.45) is 1.21. The number of fused-ring (bicyclic) bond motifs is 3. The van der Waals surface area contributed by atoms with Gasteiger partial charge < -0.3 is 4.74 Å². The van der Waals surface area contributed by atoms with E-state index in [4.69, 9.17) is 4.74 Å². The predicted molar refractivity (Wildman–Crippen MR) is 108 cm³/mol. The molecule has 0 heterocycles. The van der Waals surface area contributed by atoms with Crippen LogP contribution in [-0.2, 0) is 4.79 Å². The van der Waals surface area contributed by atoms with Crippen molar-refractivity contribution < 1.29 is 9.53 Å². The maximum Gasteiger partial charge on any atom is 0.311 e. The van der Waals surface area contributed by atoms with Gasteiger partial charge in [-0.05, 0) is 44.8 Å². The number of rotatable bonds is 3. The van der Waals surface area contributed by atoms with Crippen molar-refractivity contribution in [2.75, 3.05) is 0 Å². The van der Waals surface area contributed by atoms with Gasteiger partial charge in [-0.15, -0.1) is 0 Å². The van der Waals surface area contributed by atoms with Gasteiger partial charge in [-0.2, -0.15) is 0 Å². The standard InChI is InChI=1S/C24H18O2/c1-2-6-21(25)26-20-14-13-16-12-11-15-7-5-10-18-17-8-3-4-9-19(17)24(20)23(16)22(15)18/h3-5,7-14H,2,6H2,1H3. The highest BCUT2D eigenvalue weighted by molar-refractivity contribution is 6.34. The highest BCUT2D eigenvalue weighted by atomic mass is 16.5. The van der Waals surface area contributed by atoms with Gasteiger partial charge in [0.25, 0.3) is 0 Å². The average molecular weight is 338 g/mol. The van der Waals surface area contributed by atoms with Crippen LogP contribution >= 0.6 is 0 Å². The van der Waals surface area contributed by atoms with Crippen LogP contribution in [0.1, 0.15) is 19.8 Å². The molecule has 2 nitrogen and oxygen atoms in total. The molecule has 0 saturated carbocycles. The molecule has 0 aliphatic rings. The second-order valence-electron chi connectivity index (χ2n) is 6.78. The van der Waals surface area contributed by atoms with Crippen LogP contribution in [-0.4, -0.2) is 5.97 Å². The molecule has 0 aliphatic heterocycles. The molecule has 0 saturated heterocycles. The maximum atomic E-state index is 12.2. The third-order valence-electron chi connectivity index (χ3n) is 5.15. The lowest BCUT2D eigenvalue weighted by Crippen LogP contribution is -2.07. The Balaban J connectivity index is 2.00. The summed E-state index contributed by atoms with van der Waals surface area (Å²) in [6.45, 7) is 1.99. The van der Waals surface area contributed by atoms with Crippen molar-refractivity contribution in [1.29, 1.82) is 0 Å². The molecule has 5 aromatic carbocycles. The summed E-state index contributed by atoms with van der Waals surface area (Å²) >= 11 is 0. The monoisotopic (exact) mass is 338 g/mol. The number of benzene rings is 5. The fraction of sp³-hybridized carbons (Fsp3) is 0.125. The van der Waals surface area contributed by atoms with Gasteiger partial charge in [0.1, 0.15) is 5.75 Å².